The summed E-state index contributed by atoms with van der Waals surface area (Å²) in [6.07, 6.45) is 2.75. The Bertz CT molecular complexity index is 783. The van der Waals surface area contributed by atoms with Gasteiger partial charge in [0.15, 0.2) is 0 Å². The van der Waals surface area contributed by atoms with E-state index in [0.717, 1.165) is 0 Å². The SMILES string of the molecule is O=C(O)CCC(=O)NCCN(C(=O)c1cncc(Br)c1)c1ccccc1. The lowest BCUT2D eigenvalue weighted by Crippen LogP contribution is -2.38. The number of aromatic nitrogens is 1. The summed E-state index contributed by atoms with van der Waals surface area (Å²) < 4.78 is 0.693. The number of carboxylic acids is 1. The molecule has 0 spiro atoms. The molecule has 26 heavy (non-hydrogen) atoms. The van der Waals surface area contributed by atoms with Gasteiger partial charge < -0.3 is 15.3 Å². The van der Waals surface area contributed by atoms with Crippen molar-refractivity contribution in [1.82, 2.24) is 10.3 Å². The van der Waals surface area contributed by atoms with E-state index in [0.29, 0.717) is 15.7 Å². The van der Waals surface area contributed by atoms with E-state index in [9.17, 15) is 14.4 Å². The Balaban J connectivity index is 2.06. The number of aliphatic carboxylic acids is 1. The summed E-state index contributed by atoms with van der Waals surface area (Å²) in [5.74, 6) is -1.63. The van der Waals surface area contributed by atoms with E-state index in [4.69, 9.17) is 5.11 Å². The van der Waals surface area contributed by atoms with E-state index < -0.39 is 5.97 Å². The Kier molecular flexibility index (Phi) is 7.28. The third kappa shape index (κ3) is 5.96. The fraction of sp³-hybridized carbons (Fsp3) is 0.222. The Hall–Kier alpha value is -2.74. The zero-order valence-electron chi connectivity index (χ0n) is 13.9. The second-order valence-corrected chi connectivity index (χ2v) is 6.34. The van der Waals surface area contributed by atoms with Gasteiger partial charge >= 0.3 is 5.97 Å². The monoisotopic (exact) mass is 419 g/mol. The van der Waals surface area contributed by atoms with Crippen LogP contribution < -0.4 is 10.2 Å². The van der Waals surface area contributed by atoms with Crippen LogP contribution in [0.4, 0.5) is 5.69 Å². The van der Waals surface area contributed by atoms with Gasteiger partial charge in [0.1, 0.15) is 0 Å². The molecule has 2 amide bonds. The first kappa shape index (κ1) is 19.6. The molecule has 2 N–H and O–H groups in total. The van der Waals surface area contributed by atoms with Crippen molar-refractivity contribution in [3.63, 3.8) is 0 Å². The van der Waals surface area contributed by atoms with Gasteiger partial charge in [-0.1, -0.05) is 18.2 Å². The molecule has 0 bridgehead atoms. The number of carboxylic acid groups (broad SMARTS) is 1. The van der Waals surface area contributed by atoms with Crippen molar-refractivity contribution in [3.8, 4) is 0 Å². The van der Waals surface area contributed by atoms with Gasteiger partial charge in [-0.15, -0.1) is 0 Å². The molecule has 0 aliphatic carbocycles. The molecule has 1 aromatic heterocycles. The Morgan fingerprint density at radius 3 is 2.50 bits per heavy atom. The van der Waals surface area contributed by atoms with Crippen LogP contribution in [0.5, 0.6) is 0 Å². The highest BCUT2D eigenvalue weighted by atomic mass is 79.9. The topological polar surface area (TPSA) is 99.6 Å². The predicted molar refractivity (Wildman–Crippen MR) is 99.9 cm³/mol. The summed E-state index contributed by atoms with van der Waals surface area (Å²) in [6.45, 7) is 0.453. The number of nitrogens with zero attached hydrogens (tertiary/aromatic N) is 2. The molecule has 136 valence electrons. The third-order valence-electron chi connectivity index (χ3n) is 3.49. The third-order valence-corrected chi connectivity index (χ3v) is 3.92. The minimum Gasteiger partial charge on any atom is -0.481 e. The maximum atomic E-state index is 12.9. The average molecular weight is 420 g/mol. The van der Waals surface area contributed by atoms with Crippen LogP contribution in [0.2, 0.25) is 0 Å². The predicted octanol–water partition coefficient (Wildman–Crippen LogP) is 2.47. The zero-order chi connectivity index (χ0) is 18.9. The van der Waals surface area contributed by atoms with E-state index >= 15 is 0 Å². The molecule has 0 saturated carbocycles. The van der Waals surface area contributed by atoms with Gasteiger partial charge in [0.25, 0.3) is 5.91 Å². The van der Waals surface area contributed by atoms with Crippen LogP contribution in [0.25, 0.3) is 0 Å². The van der Waals surface area contributed by atoms with E-state index in [1.807, 2.05) is 18.2 Å². The Labute approximate surface area is 159 Å². The molecule has 0 atom stereocenters. The second-order valence-electron chi connectivity index (χ2n) is 5.43. The number of hydrogen-bond donors (Lipinski definition) is 2. The molecular weight excluding hydrogens is 402 g/mol. The molecule has 2 rings (SSSR count). The molecule has 8 heteroatoms. The van der Waals surface area contributed by atoms with E-state index in [1.54, 1.807) is 29.3 Å². The molecule has 0 radical (unpaired) electrons. The number of benzene rings is 1. The van der Waals surface area contributed by atoms with Gasteiger partial charge in [-0.3, -0.25) is 19.4 Å². The minimum atomic E-state index is -1.02. The molecule has 0 aliphatic heterocycles. The van der Waals surface area contributed by atoms with Crippen molar-refractivity contribution < 1.29 is 19.5 Å². The fourth-order valence-electron chi connectivity index (χ4n) is 2.26. The first-order valence-electron chi connectivity index (χ1n) is 7.93. The van der Waals surface area contributed by atoms with Crippen molar-refractivity contribution >= 4 is 39.4 Å². The van der Waals surface area contributed by atoms with Crippen LogP contribution in [0.15, 0.2) is 53.3 Å². The Morgan fingerprint density at radius 1 is 1.12 bits per heavy atom. The van der Waals surface area contributed by atoms with Gasteiger partial charge in [-0.25, -0.2) is 0 Å². The maximum absolute atomic E-state index is 12.9. The lowest BCUT2D eigenvalue weighted by atomic mass is 10.2. The lowest BCUT2D eigenvalue weighted by molar-refractivity contribution is -0.138. The first-order chi connectivity index (χ1) is 12.5. The molecule has 0 fully saturated rings. The van der Waals surface area contributed by atoms with Crippen LogP contribution >= 0.6 is 15.9 Å². The van der Waals surface area contributed by atoms with Crippen molar-refractivity contribution in [2.24, 2.45) is 0 Å². The lowest BCUT2D eigenvalue weighted by Gasteiger charge is -2.23. The van der Waals surface area contributed by atoms with Gasteiger partial charge in [0.05, 0.1) is 12.0 Å². The fourth-order valence-corrected chi connectivity index (χ4v) is 2.62. The summed E-state index contributed by atoms with van der Waals surface area (Å²) in [5, 5.41) is 11.2. The van der Waals surface area contributed by atoms with Crippen LogP contribution in [0.3, 0.4) is 0 Å². The summed E-state index contributed by atoms with van der Waals surface area (Å²) in [6, 6.07) is 10.8. The number of amides is 2. The molecule has 0 aliphatic rings. The molecule has 7 nitrogen and oxygen atoms in total. The van der Waals surface area contributed by atoms with Crippen LogP contribution in [0.1, 0.15) is 23.2 Å². The van der Waals surface area contributed by atoms with Gasteiger partial charge in [0, 0.05) is 42.1 Å². The van der Waals surface area contributed by atoms with E-state index in [2.05, 4.69) is 26.2 Å². The zero-order valence-corrected chi connectivity index (χ0v) is 15.5. The first-order valence-corrected chi connectivity index (χ1v) is 8.72. The number of pyridine rings is 1. The molecule has 0 unspecified atom stereocenters. The Morgan fingerprint density at radius 2 is 1.85 bits per heavy atom. The number of carbonyl (C=O) groups excluding carboxylic acids is 2. The number of nitrogens with one attached hydrogen (secondary N) is 1. The average Bonchev–Trinajstić information content (AvgIpc) is 2.64. The maximum Gasteiger partial charge on any atom is 0.303 e. The van der Waals surface area contributed by atoms with Crippen LogP contribution in [0, 0.1) is 0 Å². The number of hydrogen-bond acceptors (Lipinski definition) is 4. The van der Waals surface area contributed by atoms with E-state index in [-0.39, 0.29) is 37.7 Å². The molecule has 0 saturated heterocycles. The number of para-hydroxylation sites is 1. The highest BCUT2D eigenvalue weighted by molar-refractivity contribution is 9.10. The van der Waals surface area contributed by atoms with Crippen molar-refractivity contribution in [2.45, 2.75) is 12.8 Å². The normalized spacial score (nSPS) is 10.2. The van der Waals surface area contributed by atoms with Crippen molar-refractivity contribution in [2.75, 3.05) is 18.0 Å². The number of rotatable bonds is 8. The smallest absolute Gasteiger partial charge is 0.303 e. The van der Waals surface area contributed by atoms with Gasteiger partial charge in [0.2, 0.25) is 5.91 Å². The number of halogens is 1. The van der Waals surface area contributed by atoms with Crippen LogP contribution in [-0.2, 0) is 9.59 Å². The quantitative estimate of drug-likeness (QED) is 0.684. The molecule has 1 heterocycles. The number of anilines is 1. The highest BCUT2D eigenvalue weighted by Gasteiger charge is 2.18. The summed E-state index contributed by atoms with van der Waals surface area (Å²) in [5.41, 5.74) is 1.11. The van der Waals surface area contributed by atoms with Crippen LogP contribution in [-0.4, -0.2) is 41.0 Å². The highest BCUT2D eigenvalue weighted by Crippen LogP contribution is 2.18. The van der Waals surface area contributed by atoms with Gasteiger partial charge in [-0.2, -0.15) is 0 Å². The van der Waals surface area contributed by atoms with E-state index in [1.165, 1.54) is 6.20 Å². The van der Waals surface area contributed by atoms with Crippen molar-refractivity contribution in [3.05, 3.63) is 58.8 Å². The molecule has 2 aromatic rings. The number of carbonyl (C=O) groups is 3. The summed E-state index contributed by atoms with van der Waals surface area (Å²) in [4.78, 5) is 40.6. The summed E-state index contributed by atoms with van der Waals surface area (Å²) >= 11 is 3.30. The van der Waals surface area contributed by atoms with Gasteiger partial charge in [-0.05, 0) is 34.1 Å². The minimum absolute atomic E-state index is 0.0931. The summed E-state index contributed by atoms with van der Waals surface area (Å²) in [7, 11) is 0. The van der Waals surface area contributed by atoms with Crippen molar-refractivity contribution in [1.29, 1.82) is 0 Å². The molecular formula is C18H18BrN3O4. The largest absolute Gasteiger partial charge is 0.481 e. The molecule has 1 aromatic carbocycles. The second kappa shape index (κ2) is 9.67. The standard InChI is InChI=1S/C18H18BrN3O4/c19-14-10-13(11-20-12-14)18(26)22(15-4-2-1-3-5-15)9-8-21-16(23)6-7-17(24)25/h1-5,10-12H,6-9H2,(H,21,23)(H,24,25).